The van der Waals surface area contributed by atoms with E-state index in [4.69, 9.17) is 0 Å². The summed E-state index contributed by atoms with van der Waals surface area (Å²) in [5.74, 6) is 0.418. The lowest BCUT2D eigenvalue weighted by Gasteiger charge is -2.23. The van der Waals surface area contributed by atoms with Gasteiger partial charge in [-0.1, -0.05) is 29.8 Å². The van der Waals surface area contributed by atoms with Crippen molar-refractivity contribution < 1.29 is 10.2 Å². The van der Waals surface area contributed by atoms with Crippen molar-refractivity contribution in [2.24, 2.45) is 7.05 Å². The van der Waals surface area contributed by atoms with Crippen molar-refractivity contribution >= 4 is 17.1 Å². The van der Waals surface area contributed by atoms with Gasteiger partial charge in [-0.3, -0.25) is 18.9 Å². The Kier molecular flexibility index (Phi) is 5.43. The molecule has 2 heterocycles. The summed E-state index contributed by atoms with van der Waals surface area (Å²) in [6, 6.07) is 7.87. The number of anilines is 1. The van der Waals surface area contributed by atoms with Crippen LogP contribution in [0.5, 0.6) is 0 Å². The maximum Gasteiger partial charge on any atom is 0.329 e. The van der Waals surface area contributed by atoms with E-state index in [-0.39, 0.29) is 37.5 Å². The summed E-state index contributed by atoms with van der Waals surface area (Å²) < 4.78 is 3.00. The third kappa shape index (κ3) is 3.64. The van der Waals surface area contributed by atoms with E-state index in [9.17, 15) is 19.8 Å². The summed E-state index contributed by atoms with van der Waals surface area (Å²) in [5.41, 5.74) is 1.52. The molecule has 0 aliphatic carbocycles. The van der Waals surface area contributed by atoms with Gasteiger partial charge in [-0.2, -0.15) is 4.98 Å². The topological polar surface area (TPSA) is 116 Å². The predicted molar refractivity (Wildman–Crippen MR) is 102 cm³/mol. The highest BCUT2D eigenvalue weighted by Gasteiger charge is 2.21. The number of benzene rings is 1. The third-order valence-corrected chi connectivity index (χ3v) is 4.43. The van der Waals surface area contributed by atoms with Crippen LogP contribution >= 0.6 is 0 Å². The van der Waals surface area contributed by atoms with Crippen LogP contribution in [-0.2, 0) is 13.6 Å². The van der Waals surface area contributed by atoms with Crippen molar-refractivity contribution in [3.63, 3.8) is 0 Å². The zero-order valence-corrected chi connectivity index (χ0v) is 15.3. The highest BCUT2D eigenvalue weighted by Crippen LogP contribution is 2.21. The number of aromatic amines is 1. The lowest BCUT2D eigenvalue weighted by Crippen LogP contribution is -2.32. The van der Waals surface area contributed by atoms with E-state index in [0.717, 1.165) is 11.1 Å². The fraction of sp³-hybridized carbons (Fsp3) is 0.389. The molecule has 3 rings (SSSR count). The summed E-state index contributed by atoms with van der Waals surface area (Å²) in [5, 5.41) is 18.8. The van der Waals surface area contributed by atoms with Crippen molar-refractivity contribution in [3.8, 4) is 0 Å². The molecule has 0 fully saturated rings. The molecule has 27 heavy (non-hydrogen) atoms. The predicted octanol–water partition coefficient (Wildman–Crippen LogP) is -0.429. The van der Waals surface area contributed by atoms with E-state index in [1.54, 1.807) is 9.47 Å². The molecule has 0 amide bonds. The summed E-state index contributed by atoms with van der Waals surface area (Å²) in [6.07, 6.45) is 0. The van der Waals surface area contributed by atoms with Crippen LogP contribution in [0.2, 0.25) is 0 Å². The highest BCUT2D eigenvalue weighted by molar-refractivity contribution is 5.74. The minimum Gasteiger partial charge on any atom is -0.395 e. The minimum absolute atomic E-state index is 0.136. The lowest BCUT2D eigenvalue weighted by atomic mass is 10.1. The summed E-state index contributed by atoms with van der Waals surface area (Å²) in [6.45, 7) is 2.55. The molecule has 3 N–H and O–H groups in total. The number of aryl methyl sites for hydroxylation is 2. The quantitative estimate of drug-likeness (QED) is 0.518. The van der Waals surface area contributed by atoms with Crippen molar-refractivity contribution in [2.75, 3.05) is 31.2 Å². The molecule has 1 aromatic carbocycles. The zero-order chi connectivity index (χ0) is 19.6. The molecule has 9 nitrogen and oxygen atoms in total. The summed E-state index contributed by atoms with van der Waals surface area (Å²) in [7, 11) is 1.54. The Bertz CT molecular complexity index is 1060. The molecular weight excluding hydrogens is 350 g/mol. The number of aliphatic hydroxyl groups excluding tert-OH is 2. The molecule has 0 unspecified atom stereocenters. The Morgan fingerprint density at radius 2 is 1.89 bits per heavy atom. The monoisotopic (exact) mass is 373 g/mol. The third-order valence-electron chi connectivity index (χ3n) is 4.43. The second-order valence-corrected chi connectivity index (χ2v) is 6.41. The summed E-state index contributed by atoms with van der Waals surface area (Å²) >= 11 is 0. The fourth-order valence-corrected chi connectivity index (χ4v) is 3.16. The maximum atomic E-state index is 12.5. The molecule has 3 aromatic rings. The Morgan fingerprint density at radius 3 is 2.52 bits per heavy atom. The van der Waals surface area contributed by atoms with Crippen LogP contribution in [-0.4, -0.2) is 55.6 Å². The van der Waals surface area contributed by atoms with Crippen molar-refractivity contribution in [3.05, 3.63) is 56.2 Å². The average molecular weight is 373 g/mol. The number of aromatic nitrogens is 4. The first kappa shape index (κ1) is 18.9. The Balaban J connectivity index is 2.26. The first-order valence-electron chi connectivity index (χ1n) is 8.68. The van der Waals surface area contributed by atoms with Crippen LogP contribution in [0.25, 0.3) is 11.2 Å². The first-order valence-corrected chi connectivity index (χ1v) is 8.68. The van der Waals surface area contributed by atoms with Gasteiger partial charge in [0.15, 0.2) is 11.2 Å². The number of H-pyrrole nitrogens is 1. The largest absolute Gasteiger partial charge is 0.395 e. The van der Waals surface area contributed by atoms with Crippen LogP contribution in [0.15, 0.2) is 33.9 Å². The molecule has 0 saturated heterocycles. The second kappa shape index (κ2) is 7.77. The van der Waals surface area contributed by atoms with Gasteiger partial charge in [-0.25, -0.2) is 4.79 Å². The molecule has 0 aliphatic heterocycles. The Morgan fingerprint density at radius 1 is 1.19 bits per heavy atom. The van der Waals surface area contributed by atoms with Gasteiger partial charge in [0.2, 0.25) is 5.95 Å². The van der Waals surface area contributed by atoms with Crippen molar-refractivity contribution in [2.45, 2.75) is 13.5 Å². The molecule has 0 spiro atoms. The molecule has 0 atom stereocenters. The first-order chi connectivity index (χ1) is 13.0. The van der Waals surface area contributed by atoms with Crippen LogP contribution in [0.4, 0.5) is 5.95 Å². The fourth-order valence-electron chi connectivity index (χ4n) is 3.16. The van der Waals surface area contributed by atoms with Crippen molar-refractivity contribution in [1.82, 2.24) is 19.1 Å². The smallest absolute Gasteiger partial charge is 0.329 e. The minimum atomic E-state index is -0.546. The van der Waals surface area contributed by atoms with Gasteiger partial charge in [-0.05, 0) is 12.5 Å². The standard InChI is InChI=1S/C18H23N5O4/c1-12-4-3-5-13(10-12)11-23-14-15(21(2)18(27)20-16(14)26)19-17(23)22(6-8-24)7-9-25/h3-5,10,24-25H,6-9,11H2,1-2H3,(H,20,26,27). The van der Waals surface area contributed by atoms with E-state index in [2.05, 4.69) is 9.97 Å². The van der Waals surface area contributed by atoms with E-state index in [1.807, 2.05) is 31.2 Å². The van der Waals surface area contributed by atoms with E-state index < -0.39 is 11.2 Å². The van der Waals surface area contributed by atoms with Crippen LogP contribution in [0.3, 0.4) is 0 Å². The maximum absolute atomic E-state index is 12.5. The average Bonchev–Trinajstić information content (AvgIpc) is 2.99. The molecular formula is C18H23N5O4. The second-order valence-electron chi connectivity index (χ2n) is 6.41. The number of hydrogen-bond donors (Lipinski definition) is 3. The Labute approximate surface area is 155 Å². The van der Waals surface area contributed by atoms with Gasteiger partial charge in [0.25, 0.3) is 5.56 Å². The number of hydrogen-bond acceptors (Lipinski definition) is 6. The number of imidazole rings is 1. The SMILES string of the molecule is Cc1cccc(Cn2c(N(CCO)CCO)nc3c2c(=O)[nH]c(=O)n3C)c1. The van der Waals surface area contributed by atoms with Gasteiger partial charge in [0.1, 0.15) is 0 Å². The number of fused-ring (bicyclic) bond motifs is 1. The van der Waals surface area contributed by atoms with Gasteiger partial charge in [0.05, 0.1) is 19.8 Å². The van der Waals surface area contributed by atoms with Gasteiger partial charge in [-0.15, -0.1) is 0 Å². The number of rotatable bonds is 7. The van der Waals surface area contributed by atoms with Crippen LogP contribution < -0.4 is 16.1 Å². The van der Waals surface area contributed by atoms with Gasteiger partial charge < -0.3 is 15.1 Å². The molecule has 0 bridgehead atoms. The van der Waals surface area contributed by atoms with E-state index in [1.165, 1.54) is 11.6 Å². The number of nitrogens with zero attached hydrogens (tertiary/aromatic N) is 4. The molecule has 0 saturated carbocycles. The zero-order valence-electron chi connectivity index (χ0n) is 15.3. The number of nitrogens with one attached hydrogen (secondary N) is 1. The lowest BCUT2D eigenvalue weighted by molar-refractivity contribution is 0.279. The Hall–Kier alpha value is -2.91. The molecule has 2 aromatic heterocycles. The molecule has 9 heteroatoms. The van der Waals surface area contributed by atoms with E-state index in [0.29, 0.717) is 12.5 Å². The van der Waals surface area contributed by atoms with Crippen LogP contribution in [0.1, 0.15) is 11.1 Å². The van der Waals surface area contributed by atoms with Gasteiger partial charge in [0, 0.05) is 20.1 Å². The molecule has 0 aliphatic rings. The summed E-state index contributed by atoms with van der Waals surface area (Å²) in [4.78, 5) is 33.0. The van der Waals surface area contributed by atoms with Gasteiger partial charge >= 0.3 is 5.69 Å². The molecule has 0 radical (unpaired) electrons. The normalized spacial score (nSPS) is 11.3. The highest BCUT2D eigenvalue weighted by atomic mass is 16.3. The molecule has 144 valence electrons. The van der Waals surface area contributed by atoms with E-state index >= 15 is 0 Å². The van der Waals surface area contributed by atoms with Crippen LogP contribution in [0, 0.1) is 6.92 Å². The van der Waals surface area contributed by atoms with Crippen molar-refractivity contribution in [1.29, 1.82) is 0 Å². The number of aliphatic hydroxyl groups is 2.